The van der Waals surface area contributed by atoms with Gasteiger partial charge < -0.3 is 26.0 Å². The van der Waals surface area contributed by atoms with Gasteiger partial charge in [0.1, 0.15) is 5.82 Å². The van der Waals surface area contributed by atoms with Crippen LogP contribution in [0.1, 0.15) is 38.7 Å². The van der Waals surface area contributed by atoms with Crippen LogP contribution < -0.4 is 26.0 Å². The van der Waals surface area contributed by atoms with Crippen molar-refractivity contribution < 1.29 is 9.53 Å². The second-order valence-corrected chi connectivity index (χ2v) is 6.80. The predicted molar refractivity (Wildman–Crippen MR) is 123 cm³/mol. The van der Waals surface area contributed by atoms with Crippen molar-refractivity contribution in [1.29, 1.82) is 0 Å². The number of anilines is 3. The van der Waals surface area contributed by atoms with Gasteiger partial charge in [0.2, 0.25) is 17.7 Å². The number of nitrogens with zero attached hydrogens (tertiary/aromatic N) is 3. The first-order chi connectivity index (χ1) is 15.1. The van der Waals surface area contributed by atoms with Gasteiger partial charge in [-0.15, -0.1) is 0 Å². The second-order valence-electron chi connectivity index (χ2n) is 6.80. The summed E-state index contributed by atoms with van der Waals surface area (Å²) in [7, 11) is 3.33. The van der Waals surface area contributed by atoms with Crippen LogP contribution >= 0.6 is 0 Å². The molecule has 0 aliphatic carbocycles. The molecule has 166 valence electrons. The predicted octanol–water partition coefficient (Wildman–Crippen LogP) is 2.30. The van der Waals surface area contributed by atoms with Gasteiger partial charge in [0.25, 0.3) is 0 Å². The molecule has 0 saturated heterocycles. The van der Waals surface area contributed by atoms with Crippen LogP contribution in [0.2, 0.25) is 0 Å². The van der Waals surface area contributed by atoms with E-state index >= 15 is 0 Å². The molecule has 0 aromatic carbocycles. The van der Waals surface area contributed by atoms with Crippen LogP contribution in [-0.2, 0) is 4.79 Å². The van der Waals surface area contributed by atoms with E-state index in [4.69, 9.17) is 4.74 Å². The molecule has 0 saturated carbocycles. The van der Waals surface area contributed by atoms with Crippen LogP contribution in [-0.4, -0.2) is 54.1 Å². The Balaban J connectivity index is 1.97. The van der Waals surface area contributed by atoms with Crippen molar-refractivity contribution in [3.05, 3.63) is 30.1 Å². The van der Waals surface area contributed by atoms with Crippen molar-refractivity contribution in [3.63, 3.8) is 0 Å². The number of amides is 1. The first kappa shape index (κ1) is 23.9. The summed E-state index contributed by atoms with van der Waals surface area (Å²) >= 11 is 0. The fourth-order valence-corrected chi connectivity index (χ4v) is 2.45. The number of hydrogen-bond donors (Lipinski definition) is 4. The van der Waals surface area contributed by atoms with Crippen LogP contribution in [0.4, 0.5) is 17.5 Å². The lowest BCUT2D eigenvalue weighted by atomic mass is 10.2. The third-order valence-corrected chi connectivity index (χ3v) is 4.36. The number of methoxy groups -OCH3 is 1. The molecule has 2 rings (SSSR count). The monoisotopic (exact) mass is 425 g/mol. The molecule has 1 atom stereocenters. The third kappa shape index (κ3) is 8.10. The van der Waals surface area contributed by atoms with Gasteiger partial charge in [0.15, 0.2) is 0 Å². The molecule has 2 heterocycles. The molecular weight excluding hydrogens is 394 g/mol. The van der Waals surface area contributed by atoms with Gasteiger partial charge in [-0.25, -0.2) is 9.97 Å². The molecule has 0 aliphatic heterocycles. The number of aromatic nitrogens is 3. The average molecular weight is 426 g/mol. The molecule has 0 spiro atoms. The topological polar surface area (TPSA) is 113 Å². The summed E-state index contributed by atoms with van der Waals surface area (Å²) in [5.74, 6) is 7.94. The smallest absolute Gasteiger partial charge is 0.236 e. The van der Waals surface area contributed by atoms with E-state index in [1.807, 2.05) is 13.0 Å². The van der Waals surface area contributed by atoms with Crippen molar-refractivity contribution >= 4 is 23.4 Å². The zero-order valence-corrected chi connectivity index (χ0v) is 18.6. The summed E-state index contributed by atoms with van der Waals surface area (Å²) in [5.41, 5.74) is 1.50. The van der Waals surface area contributed by atoms with Crippen LogP contribution in [0, 0.1) is 11.8 Å². The van der Waals surface area contributed by atoms with Gasteiger partial charge in [-0.05, 0) is 32.9 Å². The van der Waals surface area contributed by atoms with E-state index in [1.54, 1.807) is 32.6 Å². The standard InChI is InChI=1S/C22H31N7O2/c1-5-12-24-20-17(9-7-6-8-13-25-21(30)16(2)23-3)14-27-22(29-20)28-18-10-11-19(31-4)26-15-18/h10-11,14-16,23H,5-6,8,12-13H2,1-4H3,(H,25,30)(H2,24,27,28,29)/t16-/m0/s1. The molecule has 0 bridgehead atoms. The normalized spacial score (nSPS) is 11.1. The molecule has 2 aromatic heterocycles. The number of unbranched alkanes of at least 4 members (excludes halogenated alkanes) is 1. The quantitative estimate of drug-likeness (QED) is 0.320. The van der Waals surface area contributed by atoms with Gasteiger partial charge in [-0.3, -0.25) is 4.79 Å². The Hall–Kier alpha value is -3.38. The maximum atomic E-state index is 11.7. The van der Waals surface area contributed by atoms with Crippen molar-refractivity contribution in [2.75, 3.05) is 37.9 Å². The number of rotatable bonds is 11. The van der Waals surface area contributed by atoms with Crippen molar-refractivity contribution in [3.8, 4) is 17.7 Å². The van der Waals surface area contributed by atoms with E-state index in [2.05, 4.69) is 55.0 Å². The Labute approximate surface area is 183 Å². The number of pyridine rings is 1. The number of nitrogens with one attached hydrogen (secondary N) is 4. The Morgan fingerprint density at radius 3 is 2.74 bits per heavy atom. The molecule has 31 heavy (non-hydrogen) atoms. The van der Waals surface area contributed by atoms with Crippen molar-refractivity contribution in [2.45, 2.75) is 39.2 Å². The molecule has 9 nitrogen and oxygen atoms in total. The fraction of sp³-hybridized carbons (Fsp3) is 0.455. The molecule has 2 aromatic rings. The molecule has 1 amide bonds. The molecule has 0 fully saturated rings. The lowest BCUT2D eigenvalue weighted by molar-refractivity contribution is -0.122. The summed E-state index contributed by atoms with van der Waals surface area (Å²) in [6.07, 6.45) is 5.77. The summed E-state index contributed by atoms with van der Waals surface area (Å²) in [4.78, 5) is 24.8. The molecular formula is C22H31N7O2. The molecule has 0 unspecified atom stereocenters. The fourth-order valence-electron chi connectivity index (χ4n) is 2.45. The second kappa shape index (κ2) is 13.0. The highest BCUT2D eigenvalue weighted by Crippen LogP contribution is 2.18. The molecule has 0 radical (unpaired) electrons. The highest BCUT2D eigenvalue weighted by molar-refractivity contribution is 5.81. The summed E-state index contributed by atoms with van der Waals surface area (Å²) in [5, 5.41) is 12.2. The largest absolute Gasteiger partial charge is 0.481 e. The minimum atomic E-state index is -0.198. The van der Waals surface area contributed by atoms with Gasteiger partial charge in [0.05, 0.1) is 36.8 Å². The summed E-state index contributed by atoms with van der Waals surface area (Å²) in [6, 6.07) is 3.41. The number of ether oxygens (including phenoxy) is 1. The van der Waals surface area contributed by atoms with Crippen LogP contribution in [0.3, 0.4) is 0 Å². The average Bonchev–Trinajstić information content (AvgIpc) is 2.80. The lowest BCUT2D eigenvalue weighted by Crippen LogP contribution is -2.40. The van der Waals surface area contributed by atoms with Gasteiger partial charge in [-0.1, -0.05) is 18.8 Å². The summed E-state index contributed by atoms with van der Waals surface area (Å²) in [6.45, 7) is 5.29. The van der Waals surface area contributed by atoms with E-state index in [0.29, 0.717) is 30.6 Å². The van der Waals surface area contributed by atoms with E-state index in [1.165, 1.54) is 0 Å². The van der Waals surface area contributed by atoms with Gasteiger partial charge in [-0.2, -0.15) is 4.98 Å². The van der Waals surface area contributed by atoms with E-state index in [-0.39, 0.29) is 11.9 Å². The van der Waals surface area contributed by atoms with E-state index in [0.717, 1.165) is 30.6 Å². The van der Waals surface area contributed by atoms with Crippen LogP contribution in [0.25, 0.3) is 0 Å². The first-order valence-electron chi connectivity index (χ1n) is 10.4. The van der Waals surface area contributed by atoms with Gasteiger partial charge in [0, 0.05) is 25.6 Å². The number of likely N-dealkylation sites (N-methyl/N-ethyl adjacent to an activating group) is 1. The van der Waals surface area contributed by atoms with Crippen molar-refractivity contribution in [2.24, 2.45) is 0 Å². The first-order valence-corrected chi connectivity index (χ1v) is 10.4. The number of hydrogen-bond acceptors (Lipinski definition) is 8. The Morgan fingerprint density at radius 1 is 1.23 bits per heavy atom. The molecule has 0 aliphatic rings. The van der Waals surface area contributed by atoms with E-state index in [9.17, 15) is 4.79 Å². The van der Waals surface area contributed by atoms with E-state index < -0.39 is 0 Å². The van der Waals surface area contributed by atoms with Crippen LogP contribution in [0.15, 0.2) is 24.5 Å². The maximum Gasteiger partial charge on any atom is 0.236 e. The number of carbonyl (C=O) groups is 1. The highest BCUT2D eigenvalue weighted by atomic mass is 16.5. The zero-order valence-electron chi connectivity index (χ0n) is 18.6. The molecule has 4 N–H and O–H groups in total. The Bertz CT molecular complexity index is 891. The maximum absolute atomic E-state index is 11.7. The Morgan fingerprint density at radius 2 is 2.06 bits per heavy atom. The third-order valence-electron chi connectivity index (χ3n) is 4.36. The lowest BCUT2D eigenvalue weighted by Gasteiger charge is -2.10. The minimum Gasteiger partial charge on any atom is -0.481 e. The number of carbonyl (C=O) groups excluding carboxylic acids is 1. The highest BCUT2D eigenvalue weighted by Gasteiger charge is 2.08. The summed E-state index contributed by atoms with van der Waals surface area (Å²) < 4.78 is 5.07. The van der Waals surface area contributed by atoms with Gasteiger partial charge >= 0.3 is 0 Å². The van der Waals surface area contributed by atoms with Crippen LogP contribution in [0.5, 0.6) is 5.88 Å². The zero-order chi connectivity index (χ0) is 22.5. The molecule has 9 heteroatoms. The SMILES string of the molecule is CCCNc1nc(Nc2ccc(OC)nc2)ncc1C#CCCCNC(=O)[C@H](C)NC. The Kier molecular flexibility index (Phi) is 10.0. The minimum absolute atomic E-state index is 0.00920. The van der Waals surface area contributed by atoms with Crippen molar-refractivity contribution in [1.82, 2.24) is 25.6 Å².